The minimum Gasteiger partial charge on any atom is -0.519 e. The Hall–Kier alpha value is -0.523. The Balaban J connectivity index is 4.43. The maximum absolute atomic E-state index is 11.9. The summed E-state index contributed by atoms with van der Waals surface area (Å²) in [6.45, 7) is 9.06. The van der Waals surface area contributed by atoms with Crippen molar-refractivity contribution in [2.75, 3.05) is 0 Å². The van der Waals surface area contributed by atoms with Gasteiger partial charge in [-0.05, 0) is 18.1 Å². The number of alkyl halides is 3. The van der Waals surface area contributed by atoms with Crippen molar-refractivity contribution in [3.8, 4) is 0 Å². The van der Waals surface area contributed by atoms with Gasteiger partial charge in [-0.2, -0.15) is 13.2 Å². The fraction of sp³-hybridized carbons (Fsp3) is 0.889. The molecule has 6 heteroatoms. The highest BCUT2D eigenvalue weighted by atomic mass is 28.4. The first-order valence-corrected chi connectivity index (χ1v) is 7.54. The maximum atomic E-state index is 11.9. The standard InChI is InChI=1S/C9H17F3O2Si/c1-8(2,3)15(4,5)14-7(13)6-9(10,11)12/h6H2,1-5H3. The molecule has 0 saturated carbocycles. The zero-order valence-corrected chi connectivity index (χ0v) is 10.7. The summed E-state index contributed by atoms with van der Waals surface area (Å²) in [5, 5.41) is -0.270. The van der Waals surface area contributed by atoms with Gasteiger partial charge in [-0.25, -0.2) is 0 Å². The molecule has 0 unspecified atom stereocenters. The number of hydrogen-bond acceptors (Lipinski definition) is 2. The van der Waals surface area contributed by atoms with Crippen LogP contribution >= 0.6 is 0 Å². The maximum Gasteiger partial charge on any atom is 0.399 e. The minimum atomic E-state index is -4.49. The molecule has 0 rings (SSSR count). The van der Waals surface area contributed by atoms with E-state index in [9.17, 15) is 18.0 Å². The Kier molecular flexibility index (Phi) is 4.01. The first kappa shape index (κ1) is 14.5. The van der Waals surface area contributed by atoms with Gasteiger partial charge in [0.05, 0.1) is 0 Å². The second-order valence-corrected chi connectivity index (χ2v) is 9.75. The summed E-state index contributed by atoms with van der Waals surface area (Å²) < 4.78 is 40.6. The topological polar surface area (TPSA) is 26.3 Å². The van der Waals surface area contributed by atoms with Crippen LogP contribution in [0.1, 0.15) is 27.2 Å². The van der Waals surface area contributed by atoms with E-state index in [2.05, 4.69) is 0 Å². The monoisotopic (exact) mass is 242 g/mol. The van der Waals surface area contributed by atoms with E-state index >= 15 is 0 Å². The Morgan fingerprint density at radius 1 is 1.20 bits per heavy atom. The molecule has 2 nitrogen and oxygen atoms in total. The molecular formula is C9H17F3O2Si. The number of carbonyl (C=O) groups is 1. The highest BCUT2D eigenvalue weighted by Crippen LogP contribution is 2.37. The van der Waals surface area contributed by atoms with Gasteiger partial charge >= 0.3 is 12.1 Å². The molecule has 0 atom stereocenters. The zero-order valence-electron chi connectivity index (χ0n) is 9.66. The van der Waals surface area contributed by atoms with Crippen LogP contribution in [0.2, 0.25) is 18.1 Å². The van der Waals surface area contributed by atoms with Crippen molar-refractivity contribution in [3.63, 3.8) is 0 Å². The lowest BCUT2D eigenvalue weighted by molar-refractivity contribution is -0.164. The molecule has 0 heterocycles. The molecule has 0 aliphatic carbocycles. The van der Waals surface area contributed by atoms with Crippen LogP contribution in [0.5, 0.6) is 0 Å². The quantitative estimate of drug-likeness (QED) is 0.693. The largest absolute Gasteiger partial charge is 0.519 e. The van der Waals surface area contributed by atoms with Crippen LogP contribution in [0.4, 0.5) is 13.2 Å². The summed E-state index contributed by atoms with van der Waals surface area (Å²) >= 11 is 0. The van der Waals surface area contributed by atoms with Crippen molar-refractivity contribution in [3.05, 3.63) is 0 Å². The third-order valence-electron chi connectivity index (χ3n) is 2.52. The third-order valence-corrected chi connectivity index (χ3v) is 6.87. The van der Waals surface area contributed by atoms with Crippen molar-refractivity contribution >= 4 is 14.3 Å². The van der Waals surface area contributed by atoms with Crippen LogP contribution in [-0.2, 0) is 9.22 Å². The van der Waals surface area contributed by atoms with Crippen LogP contribution in [-0.4, -0.2) is 20.5 Å². The molecule has 0 aromatic carbocycles. The molecular weight excluding hydrogens is 225 g/mol. The summed E-state index contributed by atoms with van der Waals surface area (Å²) in [6.07, 6.45) is -5.99. The van der Waals surface area contributed by atoms with Gasteiger partial charge in [-0.3, -0.25) is 4.79 Å². The van der Waals surface area contributed by atoms with Crippen LogP contribution < -0.4 is 0 Å². The molecule has 90 valence electrons. The molecule has 0 fully saturated rings. The second-order valence-electron chi connectivity index (χ2n) is 5.03. The van der Waals surface area contributed by atoms with Crippen LogP contribution in [0.15, 0.2) is 0 Å². The lowest BCUT2D eigenvalue weighted by Gasteiger charge is -2.35. The van der Waals surface area contributed by atoms with Crippen LogP contribution in [0, 0.1) is 0 Å². The molecule has 0 spiro atoms. The Morgan fingerprint density at radius 3 is 1.87 bits per heavy atom. The predicted molar refractivity (Wildman–Crippen MR) is 54.0 cm³/mol. The van der Waals surface area contributed by atoms with E-state index < -0.39 is 26.9 Å². The minimum absolute atomic E-state index is 0.270. The van der Waals surface area contributed by atoms with Crippen molar-refractivity contribution in [1.82, 2.24) is 0 Å². The first-order chi connectivity index (χ1) is 6.35. The fourth-order valence-electron chi connectivity index (χ4n) is 0.637. The zero-order chi connectivity index (χ0) is 12.5. The van der Waals surface area contributed by atoms with Gasteiger partial charge in [0.15, 0.2) is 0 Å². The average molecular weight is 242 g/mol. The van der Waals surface area contributed by atoms with E-state index in [1.54, 1.807) is 13.1 Å². The van der Waals surface area contributed by atoms with E-state index in [1.165, 1.54) is 0 Å². The van der Waals surface area contributed by atoms with Crippen molar-refractivity contribution in [2.45, 2.75) is 51.5 Å². The SMILES string of the molecule is CC(C)(C)[Si](C)(C)OC(=O)CC(F)(F)F. The number of hydrogen-bond donors (Lipinski definition) is 0. The van der Waals surface area contributed by atoms with E-state index in [1.807, 2.05) is 20.8 Å². The molecule has 0 aliphatic heterocycles. The molecule has 15 heavy (non-hydrogen) atoms. The van der Waals surface area contributed by atoms with Crippen molar-refractivity contribution in [1.29, 1.82) is 0 Å². The van der Waals surface area contributed by atoms with Gasteiger partial charge in [0.1, 0.15) is 6.42 Å². The average Bonchev–Trinajstić information content (AvgIpc) is 1.75. The summed E-state index contributed by atoms with van der Waals surface area (Å²) in [5.41, 5.74) is 0. The molecule has 0 amide bonds. The van der Waals surface area contributed by atoms with Gasteiger partial charge in [-0.1, -0.05) is 20.8 Å². The molecule has 0 N–H and O–H groups in total. The van der Waals surface area contributed by atoms with Gasteiger partial charge in [-0.15, -0.1) is 0 Å². The van der Waals surface area contributed by atoms with E-state index in [4.69, 9.17) is 4.43 Å². The predicted octanol–water partition coefficient (Wildman–Crippen LogP) is 3.49. The fourth-order valence-corrected chi connectivity index (χ4v) is 1.58. The lowest BCUT2D eigenvalue weighted by Crippen LogP contribution is -2.43. The highest BCUT2D eigenvalue weighted by Gasteiger charge is 2.42. The molecule has 0 aromatic heterocycles. The van der Waals surface area contributed by atoms with E-state index in [-0.39, 0.29) is 5.04 Å². The summed E-state index contributed by atoms with van der Waals surface area (Å²) in [4.78, 5) is 11.0. The van der Waals surface area contributed by atoms with Gasteiger partial charge in [0.25, 0.3) is 8.32 Å². The highest BCUT2D eigenvalue weighted by molar-refractivity contribution is 6.75. The number of halogens is 3. The van der Waals surface area contributed by atoms with Gasteiger partial charge < -0.3 is 4.43 Å². The molecule has 0 aliphatic rings. The Labute approximate surface area is 88.9 Å². The summed E-state index contributed by atoms with van der Waals surface area (Å²) in [6, 6.07) is 0. The lowest BCUT2D eigenvalue weighted by atomic mass is 10.2. The van der Waals surface area contributed by atoms with Crippen molar-refractivity contribution in [2.24, 2.45) is 0 Å². The third kappa shape index (κ3) is 5.20. The second kappa shape index (κ2) is 4.15. The van der Waals surface area contributed by atoms with Gasteiger partial charge in [0.2, 0.25) is 0 Å². The molecule has 0 aromatic rings. The van der Waals surface area contributed by atoms with Crippen LogP contribution in [0.25, 0.3) is 0 Å². The molecule has 0 saturated heterocycles. The van der Waals surface area contributed by atoms with E-state index in [0.29, 0.717) is 0 Å². The number of carbonyl (C=O) groups excluding carboxylic acids is 1. The Bertz CT molecular complexity index is 241. The summed E-state index contributed by atoms with van der Waals surface area (Å²) in [5.74, 6) is -1.17. The van der Waals surface area contributed by atoms with Crippen LogP contribution in [0.3, 0.4) is 0 Å². The molecule has 0 radical (unpaired) electrons. The first-order valence-electron chi connectivity index (χ1n) is 4.64. The van der Waals surface area contributed by atoms with E-state index in [0.717, 1.165) is 0 Å². The molecule has 0 bridgehead atoms. The van der Waals surface area contributed by atoms with Gasteiger partial charge in [0, 0.05) is 0 Å². The smallest absolute Gasteiger partial charge is 0.399 e. The normalized spacial score (nSPS) is 13.9. The van der Waals surface area contributed by atoms with Crippen molar-refractivity contribution < 1.29 is 22.4 Å². The summed E-state index contributed by atoms with van der Waals surface area (Å²) in [7, 11) is -2.42. The number of rotatable bonds is 2. The Morgan fingerprint density at radius 2 is 1.60 bits per heavy atom.